The smallest absolute Gasteiger partial charge is 0.195 e. The Labute approximate surface area is 324 Å². The van der Waals surface area contributed by atoms with Gasteiger partial charge in [-0.1, -0.05) is 243 Å². The number of hydrogen-bond donors (Lipinski definition) is 0. The second kappa shape index (κ2) is 17.2. The topological polar surface area (TPSA) is 0 Å². The minimum Gasteiger partial charge on any atom is -0.195 e. The zero-order valence-electron chi connectivity index (χ0n) is 29.0. The molecule has 0 N–H and O–H groups in total. The summed E-state index contributed by atoms with van der Waals surface area (Å²) >= 11 is 0. The summed E-state index contributed by atoms with van der Waals surface area (Å²) in [4.78, 5) is 0. The van der Waals surface area contributed by atoms with Crippen molar-refractivity contribution in [1.82, 2.24) is 0 Å². The van der Waals surface area contributed by atoms with Gasteiger partial charge in [-0.25, -0.2) is 0 Å². The molecule has 0 aliphatic carbocycles. The summed E-state index contributed by atoms with van der Waals surface area (Å²) in [6.07, 6.45) is -2.43. The van der Waals surface area contributed by atoms with Gasteiger partial charge in [0.2, 0.25) is 0 Å². The first kappa shape index (κ1) is 35.6. The molecular weight excluding hydrogens is 799 g/mol. The molecule has 0 heterocycles. The summed E-state index contributed by atoms with van der Waals surface area (Å²) in [6, 6.07) is 87.1. The van der Waals surface area contributed by atoms with Gasteiger partial charge in [0, 0.05) is 0 Å². The molecule has 0 aromatic heterocycles. The van der Waals surface area contributed by atoms with Crippen LogP contribution >= 0.6 is 0 Å². The van der Waals surface area contributed by atoms with Crippen LogP contribution in [0.3, 0.4) is 0 Å². The molecule has 0 amide bonds. The third-order valence-electron chi connectivity index (χ3n) is 10.4. The molecule has 0 spiro atoms. The first-order valence-electron chi connectivity index (χ1n) is 17.6. The Hall–Kier alpha value is -5.18. The number of rotatable bonds is 8. The molecule has 8 aromatic rings. The molecule has 240 valence electrons. The first-order chi connectivity index (χ1) is 24.8. The van der Waals surface area contributed by atoms with Gasteiger partial charge in [-0.05, 0) is 0 Å². The summed E-state index contributed by atoms with van der Waals surface area (Å²) in [5.74, 6) is 0. The van der Waals surface area contributed by atoms with Crippen molar-refractivity contribution in [1.29, 1.82) is 0 Å². The molecule has 0 aliphatic rings. The van der Waals surface area contributed by atoms with E-state index in [0.29, 0.717) is 0 Å². The molecule has 0 atom stereocenters. The third kappa shape index (κ3) is 7.20. The van der Waals surface area contributed by atoms with Gasteiger partial charge in [0.15, 0.2) is 0 Å². The van der Waals surface area contributed by atoms with Crippen molar-refractivity contribution in [3.8, 4) is 0 Å². The first-order valence-corrected chi connectivity index (χ1v) is 17.6. The van der Waals surface area contributed by atoms with Crippen molar-refractivity contribution in [3.63, 3.8) is 0 Å². The van der Waals surface area contributed by atoms with E-state index in [-0.39, 0.29) is 27.7 Å². The van der Waals surface area contributed by atoms with Gasteiger partial charge in [-0.3, -0.25) is 0 Å². The van der Waals surface area contributed by atoms with E-state index in [9.17, 15) is 0 Å². The zero-order valence-corrected chi connectivity index (χ0v) is 34.5. The molecule has 3 heteroatoms. The van der Waals surface area contributed by atoms with E-state index < -0.39 is 12.3 Å². The molecule has 0 saturated heterocycles. The maximum absolute atomic E-state index is 2.26. The molecule has 0 radical (unpaired) electrons. The van der Waals surface area contributed by atoms with E-state index in [1.54, 1.807) is 0 Å². The van der Waals surface area contributed by atoms with Crippen molar-refractivity contribution < 1.29 is 27.7 Å². The van der Waals surface area contributed by atoms with Gasteiger partial charge >= 0.3 is 27.7 Å². The normalized spacial score (nSPS) is 11.0. The number of benzene rings is 8. The van der Waals surface area contributed by atoms with E-state index in [4.69, 9.17) is 0 Å². The Morgan fingerprint density at radius 1 is 0.157 bits per heavy atom. The molecule has 8 aromatic carbocycles. The predicted molar refractivity (Wildman–Crippen MR) is 220 cm³/mol. The van der Waals surface area contributed by atoms with E-state index in [1.165, 1.54) is 43.7 Å². The molecule has 0 bridgehead atoms. The minimum atomic E-state index is -1.22. The quantitative estimate of drug-likeness (QED) is 0.162. The average Bonchev–Trinajstić information content (AvgIpc) is 3.22. The monoisotopic (exact) mass is 840 g/mol. The summed E-state index contributed by atoms with van der Waals surface area (Å²) in [7, 11) is 0. The fourth-order valence-electron chi connectivity index (χ4n) is 8.24. The minimum absolute atomic E-state index is 0. The Kier molecular flexibility index (Phi) is 12.0. The van der Waals surface area contributed by atoms with Gasteiger partial charge < -0.3 is 0 Å². The van der Waals surface area contributed by atoms with Crippen molar-refractivity contribution in [2.24, 2.45) is 0 Å². The van der Waals surface area contributed by atoms with Gasteiger partial charge in [0.25, 0.3) is 0 Å². The Morgan fingerprint density at radius 2 is 0.255 bits per heavy atom. The van der Waals surface area contributed by atoms with Crippen LogP contribution in [0.1, 0.15) is 0 Å². The molecule has 51 heavy (non-hydrogen) atoms. The molecule has 0 nitrogen and oxygen atoms in total. The third-order valence-corrected chi connectivity index (χ3v) is 10.4. The van der Waals surface area contributed by atoms with Crippen molar-refractivity contribution in [2.45, 2.75) is 0 Å². The fourth-order valence-corrected chi connectivity index (χ4v) is 8.24. The molecule has 8 rings (SSSR count). The summed E-state index contributed by atoms with van der Waals surface area (Å²) in [5.41, 5.74) is 10.7. The van der Waals surface area contributed by atoms with Gasteiger partial charge in [-0.15, -0.1) is 0 Å². The predicted octanol–water partition coefficient (Wildman–Crippen LogP) is 6.13. The second-order valence-electron chi connectivity index (χ2n) is 13.0. The van der Waals surface area contributed by atoms with Crippen LogP contribution in [-0.2, 0) is 27.7 Å². The molecule has 0 fully saturated rings. The molecule has 0 unspecified atom stereocenters. The maximum atomic E-state index is 2.26. The van der Waals surface area contributed by atoms with E-state index in [2.05, 4.69) is 243 Å². The fraction of sp³-hybridized carbons (Fsp3) is 0. The van der Waals surface area contributed by atoms with Crippen LogP contribution in [0.4, 0.5) is 0 Å². The van der Waals surface area contributed by atoms with Crippen molar-refractivity contribution in [3.05, 3.63) is 243 Å². The largest absolute Gasteiger partial charge is 2.00 e. The van der Waals surface area contributed by atoms with Crippen LogP contribution in [0.5, 0.6) is 0 Å². The van der Waals surface area contributed by atoms with Crippen molar-refractivity contribution in [2.75, 3.05) is 0 Å². The van der Waals surface area contributed by atoms with E-state index >= 15 is 0 Å². The van der Waals surface area contributed by atoms with Crippen molar-refractivity contribution >= 4 is 56.0 Å². The van der Waals surface area contributed by atoms with Crippen LogP contribution in [0.15, 0.2) is 243 Å². The number of hydrogen-bond acceptors (Lipinski definition) is 0. The van der Waals surface area contributed by atoms with Crippen LogP contribution in [-0.4, -0.2) is 12.3 Å². The molecular formula is C48H40B2Hg. The van der Waals surface area contributed by atoms with E-state index in [1.807, 2.05) is 0 Å². The maximum Gasteiger partial charge on any atom is 2.00 e. The van der Waals surface area contributed by atoms with Gasteiger partial charge in [-0.2, -0.15) is 43.7 Å². The average molecular weight is 839 g/mol. The van der Waals surface area contributed by atoms with Crippen LogP contribution in [0.25, 0.3) is 0 Å². The molecule has 0 saturated carbocycles. The Morgan fingerprint density at radius 3 is 0.353 bits per heavy atom. The summed E-state index contributed by atoms with van der Waals surface area (Å²) in [5, 5.41) is 0. The second-order valence-corrected chi connectivity index (χ2v) is 13.0. The van der Waals surface area contributed by atoms with Crippen LogP contribution < -0.4 is 43.7 Å². The SMILES string of the molecule is [Hg+2].c1ccc([B-](c2ccccc2)(c2ccccc2)c2ccccc2)cc1.c1ccc([B-](c2ccccc2)(c2ccccc2)c2ccccc2)cc1. The summed E-state index contributed by atoms with van der Waals surface area (Å²) in [6.45, 7) is 0. The standard InChI is InChI=1S/2C24H20B.Hg/c2*1-5-13-21(14-6-1)25(22-15-7-2-8-16-22,23-17-9-3-10-18-23)24-19-11-4-12-20-24;/h2*1-20H;/q2*-1;+2. The van der Waals surface area contributed by atoms with Gasteiger partial charge in [0.1, 0.15) is 12.3 Å². The zero-order chi connectivity index (χ0) is 33.9. The Bertz CT molecular complexity index is 1680. The van der Waals surface area contributed by atoms with Crippen LogP contribution in [0, 0.1) is 0 Å². The van der Waals surface area contributed by atoms with Gasteiger partial charge in [0.05, 0.1) is 0 Å². The van der Waals surface area contributed by atoms with E-state index in [0.717, 1.165) is 0 Å². The summed E-state index contributed by atoms with van der Waals surface area (Å²) < 4.78 is 0. The van der Waals surface area contributed by atoms with Crippen LogP contribution in [0.2, 0.25) is 0 Å². The molecule has 0 aliphatic heterocycles. The Balaban J connectivity index is 0.000000172.